The highest BCUT2D eigenvalue weighted by molar-refractivity contribution is 14.2. The lowest BCUT2D eigenvalue weighted by Crippen LogP contribution is -1.91. The van der Waals surface area contributed by atoms with Gasteiger partial charge in [0.05, 0.1) is 11.4 Å². The molecule has 0 bridgehead atoms. The Labute approximate surface area is 109 Å². The fourth-order valence-corrected chi connectivity index (χ4v) is 2.71. The summed E-state index contributed by atoms with van der Waals surface area (Å²) < 4.78 is 18.9. The van der Waals surface area contributed by atoms with Gasteiger partial charge in [0.2, 0.25) is 0 Å². The molecule has 2 N–H and O–H groups in total. The summed E-state index contributed by atoms with van der Waals surface area (Å²) in [4.78, 5) is 0. The third-order valence-electron chi connectivity index (χ3n) is 1.28. The van der Waals surface area contributed by atoms with Gasteiger partial charge in [0.25, 0.3) is 0 Å². The van der Waals surface area contributed by atoms with E-state index in [0.29, 0.717) is 0 Å². The first-order valence-corrected chi connectivity index (χ1v) is 9.86. The van der Waals surface area contributed by atoms with Crippen molar-refractivity contribution in [3.05, 3.63) is 24.0 Å². The molecule has 0 spiro atoms. The molecule has 0 saturated carbocycles. The third kappa shape index (κ3) is 3.88. The topological polar surface area (TPSA) is 24.1 Å². The number of halogens is 3. The van der Waals surface area contributed by atoms with Crippen LogP contribution < -0.4 is 9.44 Å². The molecule has 0 aliphatic heterocycles. The minimum atomic E-state index is -0.239. The highest BCUT2D eigenvalue weighted by Gasteiger charge is 2.02. The Morgan fingerprint density at radius 1 is 1.08 bits per heavy atom. The van der Waals surface area contributed by atoms with E-state index in [4.69, 9.17) is 0 Å². The quantitative estimate of drug-likeness (QED) is 0.524. The van der Waals surface area contributed by atoms with E-state index in [0.717, 1.165) is 11.4 Å². The van der Waals surface area contributed by atoms with E-state index in [-0.39, 0.29) is 5.82 Å². The molecule has 0 heterocycles. The fraction of sp³-hybridized carbons (Fsp3) is 0. The van der Waals surface area contributed by atoms with Crippen LogP contribution in [0, 0.1) is 5.82 Å². The molecule has 1 rings (SSSR count). The third-order valence-corrected chi connectivity index (χ3v) is 3.19. The highest BCUT2D eigenvalue weighted by Crippen LogP contribution is 2.30. The van der Waals surface area contributed by atoms with Gasteiger partial charge in [0.15, 0.2) is 0 Å². The summed E-state index contributed by atoms with van der Waals surface area (Å²) in [5.74, 6) is -0.239. The van der Waals surface area contributed by atoms with Crippen LogP contribution in [0.1, 0.15) is 0 Å². The van der Waals surface area contributed by atoms with E-state index >= 15 is 0 Å². The molecule has 72 valence electrons. The fourth-order valence-electron chi connectivity index (χ4n) is 0.773. The maximum atomic E-state index is 12.8. The van der Waals surface area contributed by atoms with Crippen LogP contribution in [0.5, 0.6) is 0 Å². The molecule has 7 heteroatoms. The van der Waals surface area contributed by atoms with Gasteiger partial charge in [0, 0.05) is 60.6 Å². The van der Waals surface area contributed by atoms with Crippen LogP contribution >= 0.6 is 60.6 Å². The summed E-state index contributed by atoms with van der Waals surface area (Å²) in [6.07, 6.45) is 0. The first-order valence-electron chi connectivity index (χ1n) is 3.14. The van der Waals surface area contributed by atoms with Crippen LogP contribution in [-0.4, -0.2) is 0 Å². The van der Waals surface area contributed by atoms with Crippen molar-refractivity contribution in [3.63, 3.8) is 0 Å². The van der Waals surface area contributed by atoms with Gasteiger partial charge in [-0.1, -0.05) is 0 Å². The molecule has 0 unspecified atom stereocenters. The zero-order chi connectivity index (χ0) is 9.68. The zero-order valence-electron chi connectivity index (χ0n) is 6.18. The average molecular weight is 442 g/mol. The van der Waals surface area contributed by atoms with E-state index in [1.54, 1.807) is 6.07 Å². The Morgan fingerprint density at radius 2 is 1.69 bits per heavy atom. The van der Waals surface area contributed by atoms with Crippen LogP contribution in [0.4, 0.5) is 15.8 Å². The van der Waals surface area contributed by atoms with E-state index in [9.17, 15) is 4.39 Å². The largest absolute Gasteiger partial charge is 0.319 e. The summed E-state index contributed by atoms with van der Waals surface area (Å²) >= 11 is 4.21. The SMILES string of the molecule is Fc1ccc(NSI)c(NSI)c1. The van der Waals surface area contributed by atoms with Crippen LogP contribution in [-0.2, 0) is 0 Å². The molecule has 13 heavy (non-hydrogen) atoms. The molecule has 0 atom stereocenters. The molecule has 0 fully saturated rings. The lowest BCUT2D eigenvalue weighted by atomic mass is 10.3. The standard InChI is InChI=1S/C6H5FI2N2S2/c7-4-1-2-5(10-12-8)6(3-4)11-13-9/h1-3,10-11H. The Morgan fingerprint density at radius 3 is 2.31 bits per heavy atom. The molecule has 0 saturated heterocycles. The number of hydrogen-bond donors (Lipinski definition) is 2. The molecular weight excluding hydrogens is 437 g/mol. The van der Waals surface area contributed by atoms with Crippen LogP contribution in [0.25, 0.3) is 0 Å². The van der Waals surface area contributed by atoms with Crippen LogP contribution in [0.3, 0.4) is 0 Å². The predicted molar refractivity (Wildman–Crippen MR) is 76.9 cm³/mol. The van der Waals surface area contributed by atoms with Gasteiger partial charge in [-0.05, 0) is 18.2 Å². The second-order valence-corrected chi connectivity index (χ2v) is 5.41. The summed E-state index contributed by atoms with van der Waals surface area (Å²) in [5, 5.41) is 0. The van der Waals surface area contributed by atoms with Crippen molar-refractivity contribution in [2.75, 3.05) is 9.44 Å². The van der Waals surface area contributed by atoms with Gasteiger partial charge >= 0.3 is 0 Å². The number of rotatable bonds is 4. The average Bonchev–Trinajstić information content (AvgIpc) is 2.10. The Bertz CT molecular complexity index is 287. The second-order valence-electron chi connectivity index (χ2n) is 2.05. The van der Waals surface area contributed by atoms with E-state index in [1.807, 2.05) is 0 Å². The van der Waals surface area contributed by atoms with Gasteiger partial charge in [0.1, 0.15) is 5.82 Å². The van der Waals surface area contributed by atoms with Crippen LogP contribution in [0.15, 0.2) is 18.2 Å². The van der Waals surface area contributed by atoms with Crippen molar-refractivity contribution in [2.24, 2.45) is 0 Å². The summed E-state index contributed by atoms with van der Waals surface area (Å²) in [6, 6.07) is 4.59. The van der Waals surface area contributed by atoms with E-state index in [2.05, 4.69) is 51.9 Å². The number of anilines is 2. The van der Waals surface area contributed by atoms with Crippen molar-refractivity contribution in [1.82, 2.24) is 0 Å². The first-order chi connectivity index (χ1) is 6.27. The minimum Gasteiger partial charge on any atom is -0.319 e. The van der Waals surface area contributed by atoms with Crippen LogP contribution in [0.2, 0.25) is 0 Å². The Kier molecular flexibility index (Phi) is 5.90. The van der Waals surface area contributed by atoms with Gasteiger partial charge < -0.3 is 9.44 Å². The molecule has 0 amide bonds. The maximum absolute atomic E-state index is 12.8. The molecule has 0 radical (unpaired) electrons. The molecule has 2 nitrogen and oxygen atoms in total. The number of hydrogen-bond acceptors (Lipinski definition) is 4. The summed E-state index contributed by atoms with van der Waals surface area (Å²) in [5.41, 5.74) is 1.63. The normalized spacial score (nSPS) is 9.77. The Hall–Kier alpha value is 0.910. The summed E-state index contributed by atoms with van der Waals surface area (Å²) in [7, 11) is 2.85. The van der Waals surface area contributed by atoms with Gasteiger partial charge in [-0.3, -0.25) is 0 Å². The lowest BCUT2D eigenvalue weighted by molar-refractivity contribution is 0.629. The smallest absolute Gasteiger partial charge is 0.125 e. The molecule has 0 aliphatic carbocycles. The number of benzene rings is 1. The minimum absolute atomic E-state index is 0.239. The maximum Gasteiger partial charge on any atom is 0.125 e. The predicted octanol–water partition coefficient (Wildman–Crippen LogP) is 4.65. The van der Waals surface area contributed by atoms with Crippen molar-refractivity contribution in [1.29, 1.82) is 0 Å². The van der Waals surface area contributed by atoms with Gasteiger partial charge in [-0.15, -0.1) is 0 Å². The molecule has 1 aromatic rings. The molecule has 1 aromatic carbocycles. The number of nitrogens with one attached hydrogen (secondary N) is 2. The summed E-state index contributed by atoms with van der Waals surface area (Å²) in [6.45, 7) is 0. The second kappa shape index (κ2) is 6.40. The highest BCUT2D eigenvalue weighted by atomic mass is 127. The van der Waals surface area contributed by atoms with Gasteiger partial charge in [-0.25, -0.2) is 4.39 Å². The van der Waals surface area contributed by atoms with Crippen molar-refractivity contribution < 1.29 is 4.39 Å². The van der Waals surface area contributed by atoms with Gasteiger partial charge in [-0.2, -0.15) is 0 Å². The Balaban J connectivity index is 2.89. The van der Waals surface area contributed by atoms with E-state index < -0.39 is 0 Å². The first kappa shape index (κ1) is 12.0. The van der Waals surface area contributed by atoms with Crippen molar-refractivity contribution in [2.45, 2.75) is 0 Å². The molecule has 0 aromatic heterocycles. The monoisotopic (exact) mass is 442 g/mol. The lowest BCUT2D eigenvalue weighted by Gasteiger charge is -2.08. The van der Waals surface area contributed by atoms with E-state index in [1.165, 1.54) is 30.4 Å². The molecular formula is C6H5FI2N2S2. The molecule has 0 aliphatic rings. The van der Waals surface area contributed by atoms with Crippen molar-refractivity contribution >= 4 is 72.0 Å². The van der Waals surface area contributed by atoms with Crippen molar-refractivity contribution in [3.8, 4) is 0 Å². The zero-order valence-corrected chi connectivity index (χ0v) is 12.1.